The molecule has 1 aromatic heterocycles. The summed E-state index contributed by atoms with van der Waals surface area (Å²) in [5, 5.41) is 2.96. The minimum absolute atomic E-state index is 0.0132. The van der Waals surface area contributed by atoms with Gasteiger partial charge in [0.1, 0.15) is 11.5 Å². The number of furan rings is 1. The van der Waals surface area contributed by atoms with Gasteiger partial charge in [-0.3, -0.25) is 9.59 Å². The van der Waals surface area contributed by atoms with E-state index in [-0.39, 0.29) is 28.7 Å². The molecule has 0 aliphatic carbocycles. The van der Waals surface area contributed by atoms with E-state index in [4.69, 9.17) is 4.42 Å². The van der Waals surface area contributed by atoms with Gasteiger partial charge in [0.2, 0.25) is 5.91 Å². The van der Waals surface area contributed by atoms with Crippen molar-refractivity contribution in [3.63, 3.8) is 0 Å². The number of nitrogens with zero attached hydrogens (tertiary/aromatic N) is 1. The van der Waals surface area contributed by atoms with Gasteiger partial charge in [0.05, 0.1) is 5.56 Å². The zero-order chi connectivity index (χ0) is 27.7. The third-order valence-corrected chi connectivity index (χ3v) is 6.56. The van der Waals surface area contributed by atoms with Gasteiger partial charge >= 0.3 is 6.18 Å². The lowest BCUT2D eigenvalue weighted by molar-refractivity contribution is -0.137. The van der Waals surface area contributed by atoms with Crippen LogP contribution in [0.5, 0.6) is 0 Å². The summed E-state index contributed by atoms with van der Waals surface area (Å²) in [7, 11) is 0. The zero-order valence-corrected chi connectivity index (χ0v) is 22.1. The number of carbonyl (C=O) groups is 2. The van der Waals surface area contributed by atoms with Crippen LogP contribution in [0.3, 0.4) is 0 Å². The molecule has 0 saturated carbocycles. The average Bonchev–Trinajstić information content (AvgIpc) is 3.25. The number of carbonyl (C=O) groups excluding carboxylic acids is 2. The summed E-state index contributed by atoms with van der Waals surface area (Å²) >= 11 is 0. The Morgan fingerprint density at radius 1 is 1.03 bits per heavy atom. The maximum atomic E-state index is 12.9. The molecule has 1 atom stereocenters. The molecule has 2 amide bonds. The summed E-state index contributed by atoms with van der Waals surface area (Å²) in [4.78, 5) is 26.9. The highest BCUT2D eigenvalue weighted by molar-refractivity contribution is 5.94. The van der Waals surface area contributed by atoms with E-state index in [1.54, 1.807) is 4.90 Å². The number of rotatable bonds is 6. The fourth-order valence-electron chi connectivity index (χ4n) is 5.00. The Labute approximate surface area is 221 Å². The van der Waals surface area contributed by atoms with Gasteiger partial charge in [-0.05, 0) is 72.4 Å². The smallest absolute Gasteiger partial charge is 0.416 e. The maximum absolute atomic E-state index is 12.9. The van der Waals surface area contributed by atoms with Crippen LogP contribution in [-0.2, 0) is 23.9 Å². The van der Waals surface area contributed by atoms with Crippen molar-refractivity contribution in [3.05, 3.63) is 77.0 Å². The van der Waals surface area contributed by atoms with Crippen molar-refractivity contribution < 1.29 is 27.2 Å². The summed E-state index contributed by atoms with van der Waals surface area (Å²) in [6, 6.07) is 13.6. The van der Waals surface area contributed by atoms with Crippen molar-refractivity contribution in [2.45, 2.75) is 59.7 Å². The maximum Gasteiger partial charge on any atom is 0.416 e. The Bertz CT molecular complexity index is 1290. The Morgan fingerprint density at radius 2 is 1.68 bits per heavy atom. The highest BCUT2D eigenvalue weighted by Gasteiger charge is 2.31. The lowest BCUT2D eigenvalue weighted by Crippen LogP contribution is -2.35. The van der Waals surface area contributed by atoms with Crippen molar-refractivity contribution >= 4 is 17.5 Å². The molecule has 2 aromatic carbocycles. The number of alkyl halides is 3. The molecule has 202 valence electrons. The lowest BCUT2D eigenvalue weighted by Gasteiger charge is -2.26. The molecule has 0 saturated heterocycles. The summed E-state index contributed by atoms with van der Waals surface area (Å²) < 4.78 is 44.5. The van der Waals surface area contributed by atoms with Gasteiger partial charge in [0.25, 0.3) is 5.91 Å². The van der Waals surface area contributed by atoms with Gasteiger partial charge in [-0.25, -0.2) is 0 Å². The minimum atomic E-state index is -4.44. The number of nitrogens with one attached hydrogen (secondary N) is 1. The van der Waals surface area contributed by atoms with Crippen LogP contribution < -0.4 is 5.32 Å². The number of halogens is 3. The van der Waals surface area contributed by atoms with Crippen molar-refractivity contribution in [2.75, 3.05) is 11.9 Å². The van der Waals surface area contributed by atoms with E-state index >= 15 is 0 Å². The summed E-state index contributed by atoms with van der Waals surface area (Å²) in [5.41, 5.74) is 2.05. The number of amides is 2. The fraction of sp³-hybridized carbons (Fsp3) is 0.400. The van der Waals surface area contributed by atoms with E-state index in [2.05, 4.69) is 33.0 Å². The van der Waals surface area contributed by atoms with E-state index in [0.717, 1.165) is 35.4 Å². The van der Waals surface area contributed by atoms with Crippen molar-refractivity contribution in [1.29, 1.82) is 0 Å². The van der Waals surface area contributed by atoms with Gasteiger partial charge in [0.15, 0.2) is 0 Å². The van der Waals surface area contributed by atoms with Gasteiger partial charge in [-0.15, -0.1) is 0 Å². The molecule has 1 aliphatic rings. The number of benzene rings is 2. The van der Waals surface area contributed by atoms with Gasteiger partial charge in [0, 0.05) is 48.3 Å². The van der Waals surface area contributed by atoms with E-state index in [0.29, 0.717) is 37.4 Å². The first-order valence-corrected chi connectivity index (χ1v) is 12.8. The largest absolute Gasteiger partial charge is 0.461 e. The van der Waals surface area contributed by atoms with Crippen LogP contribution in [0.25, 0.3) is 11.3 Å². The molecule has 38 heavy (non-hydrogen) atoms. The molecule has 1 aliphatic heterocycles. The Morgan fingerprint density at radius 3 is 2.29 bits per heavy atom. The van der Waals surface area contributed by atoms with Crippen LogP contribution in [0.15, 0.2) is 59.0 Å². The molecule has 2 heterocycles. The molecular formula is C30H33F3N2O3. The highest BCUT2D eigenvalue weighted by Crippen LogP contribution is 2.32. The predicted octanol–water partition coefficient (Wildman–Crippen LogP) is 7.56. The molecule has 4 rings (SSSR count). The van der Waals surface area contributed by atoms with Crippen molar-refractivity contribution in [2.24, 2.45) is 11.3 Å². The minimum Gasteiger partial charge on any atom is -0.461 e. The molecule has 8 heteroatoms. The van der Waals surface area contributed by atoms with Gasteiger partial charge < -0.3 is 14.6 Å². The molecule has 1 N–H and O–H groups in total. The van der Waals surface area contributed by atoms with Crippen LogP contribution in [0.2, 0.25) is 0 Å². The second-order valence-corrected chi connectivity index (χ2v) is 11.3. The molecule has 0 bridgehead atoms. The second kappa shape index (κ2) is 10.7. The van der Waals surface area contributed by atoms with Gasteiger partial charge in [-0.2, -0.15) is 13.2 Å². The Hall–Kier alpha value is -3.55. The first-order chi connectivity index (χ1) is 17.8. The van der Waals surface area contributed by atoms with E-state index < -0.39 is 11.7 Å². The molecule has 0 radical (unpaired) electrons. The molecule has 0 unspecified atom stereocenters. The molecule has 0 spiro atoms. The van der Waals surface area contributed by atoms with Crippen molar-refractivity contribution in [3.8, 4) is 11.3 Å². The molecule has 3 aromatic rings. The van der Waals surface area contributed by atoms with Crippen LogP contribution in [0, 0.1) is 11.3 Å². The van der Waals surface area contributed by atoms with E-state index in [9.17, 15) is 22.8 Å². The predicted molar refractivity (Wildman–Crippen MR) is 141 cm³/mol. The SMILES string of the molecule is C[C@@H](CC(=O)Nc1ccc(-c2cc3c(o2)CCN(C(=O)c2ccc(C(F)(F)F)cc2)C3)cc1)CC(C)(C)C. The zero-order valence-electron chi connectivity index (χ0n) is 22.1. The molecular weight excluding hydrogens is 493 g/mol. The van der Waals surface area contributed by atoms with Crippen LogP contribution in [0.1, 0.15) is 67.8 Å². The first kappa shape index (κ1) is 27.5. The fourth-order valence-corrected chi connectivity index (χ4v) is 5.00. The summed E-state index contributed by atoms with van der Waals surface area (Å²) in [6.07, 6.45) is -2.49. The summed E-state index contributed by atoms with van der Waals surface area (Å²) in [6.45, 7) is 9.33. The average molecular weight is 527 g/mol. The first-order valence-electron chi connectivity index (χ1n) is 12.8. The normalized spacial score (nSPS) is 14.7. The van der Waals surface area contributed by atoms with Crippen LogP contribution in [0.4, 0.5) is 18.9 Å². The standard InChI is InChI=1S/C30H33F3N2O3/c1-19(17-29(2,3)4)15-27(36)34-24-11-7-20(8-12-24)26-16-22-18-35(14-13-25(22)38-26)28(37)21-5-9-23(10-6-21)30(31,32)33/h5-12,16,19H,13-15,17-18H2,1-4H3,(H,34,36)/t19-/m0/s1. The number of hydrogen-bond acceptors (Lipinski definition) is 3. The Kier molecular flexibility index (Phi) is 7.72. The summed E-state index contributed by atoms with van der Waals surface area (Å²) in [5.74, 6) is 1.41. The number of anilines is 1. The van der Waals surface area contributed by atoms with Crippen molar-refractivity contribution in [1.82, 2.24) is 4.90 Å². The Balaban J connectivity index is 1.37. The van der Waals surface area contributed by atoms with E-state index in [1.165, 1.54) is 12.1 Å². The monoisotopic (exact) mass is 526 g/mol. The highest BCUT2D eigenvalue weighted by atomic mass is 19.4. The third kappa shape index (κ3) is 6.85. The third-order valence-electron chi connectivity index (χ3n) is 6.56. The van der Waals surface area contributed by atoms with Gasteiger partial charge in [-0.1, -0.05) is 27.7 Å². The number of hydrogen-bond donors (Lipinski definition) is 1. The number of fused-ring (bicyclic) bond motifs is 1. The molecule has 0 fully saturated rings. The second-order valence-electron chi connectivity index (χ2n) is 11.3. The van der Waals surface area contributed by atoms with E-state index in [1.807, 2.05) is 30.3 Å². The lowest BCUT2D eigenvalue weighted by atomic mass is 9.84. The van der Waals surface area contributed by atoms with Crippen LogP contribution >= 0.6 is 0 Å². The molecule has 5 nitrogen and oxygen atoms in total. The van der Waals surface area contributed by atoms with Crippen LogP contribution in [-0.4, -0.2) is 23.3 Å². The topological polar surface area (TPSA) is 62.6 Å². The quantitative estimate of drug-likeness (QED) is 0.360.